The third-order valence-electron chi connectivity index (χ3n) is 5.81. The Hall–Kier alpha value is -3.24. The van der Waals surface area contributed by atoms with Gasteiger partial charge in [-0.2, -0.15) is 0 Å². The first-order valence-corrected chi connectivity index (χ1v) is 11.3. The second-order valence-electron chi connectivity index (χ2n) is 7.92. The highest BCUT2D eigenvalue weighted by atomic mass is 35.5. The maximum absolute atomic E-state index is 13.0. The molecule has 2 atom stereocenters. The van der Waals surface area contributed by atoms with Gasteiger partial charge in [-0.1, -0.05) is 34.3 Å². The minimum atomic E-state index is -0.508. The van der Waals surface area contributed by atoms with Gasteiger partial charge in [-0.05, 0) is 30.5 Å². The molecule has 4 heterocycles. The van der Waals surface area contributed by atoms with Crippen molar-refractivity contribution in [3.63, 3.8) is 0 Å². The molecule has 164 valence electrons. The van der Waals surface area contributed by atoms with Crippen LogP contribution in [-0.2, 0) is 6.54 Å². The van der Waals surface area contributed by atoms with Gasteiger partial charge in [0.15, 0.2) is 10.7 Å². The third kappa shape index (κ3) is 3.87. The van der Waals surface area contributed by atoms with E-state index in [1.54, 1.807) is 41.3 Å². The summed E-state index contributed by atoms with van der Waals surface area (Å²) in [6, 6.07) is 11.8. The summed E-state index contributed by atoms with van der Waals surface area (Å²) in [5, 5.41) is 10.0. The Morgan fingerprint density at radius 1 is 1.06 bits per heavy atom. The van der Waals surface area contributed by atoms with Gasteiger partial charge in [-0.3, -0.25) is 14.9 Å². The summed E-state index contributed by atoms with van der Waals surface area (Å²) in [6.07, 6.45) is 0.945. The molecular weight excluding hydrogens is 452 g/mol. The van der Waals surface area contributed by atoms with E-state index in [2.05, 4.69) is 20.2 Å². The lowest BCUT2D eigenvalue weighted by Crippen LogP contribution is -2.50. The zero-order valence-electron chi connectivity index (χ0n) is 16.8. The highest BCUT2D eigenvalue weighted by molar-refractivity contribution is 7.10. The predicted octanol–water partition coefficient (Wildman–Crippen LogP) is 3.26. The standard InChI is InChI=1S/C21H19ClN6O3S/c22-14-4-1-2-5-15(14)23-19(30)18-20(32-26-25-18)24-21(31)27-9-12-8-13(11-27)16-6-3-7-17(29)28(16)10-12/h1-7,12-13H,8-11H2,(H,23,30)(H,24,31)/t12-,13-/m0/s1. The Labute approximate surface area is 192 Å². The molecule has 0 unspecified atom stereocenters. The third-order valence-corrected chi connectivity index (χ3v) is 6.78. The second-order valence-corrected chi connectivity index (χ2v) is 9.08. The number of likely N-dealkylation sites (tertiary alicyclic amines) is 1. The Morgan fingerprint density at radius 3 is 2.75 bits per heavy atom. The molecule has 3 aromatic rings. The number of carbonyl (C=O) groups excluding carboxylic acids is 2. The summed E-state index contributed by atoms with van der Waals surface area (Å²) in [4.78, 5) is 39.6. The van der Waals surface area contributed by atoms with Crippen LogP contribution >= 0.6 is 23.1 Å². The molecule has 1 aromatic carbocycles. The zero-order chi connectivity index (χ0) is 22.2. The van der Waals surface area contributed by atoms with Crippen LogP contribution in [0.4, 0.5) is 15.5 Å². The molecule has 0 aliphatic carbocycles. The number of nitrogens with zero attached hydrogens (tertiary/aromatic N) is 4. The monoisotopic (exact) mass is 470 g/mol. The first-order chi connectivity index (χ1) is 15.5. The van der Waals surface area contributed by atoms with Crippen LogP contribution in [0.1, 0.15) is 28.5 Å². The second kappa shape index (κ2) is 8.36. The topological polar surface area (TPSA) is 109 Å². The van der Waals surface area contributed by atoms with E-state index in [4.69, 9.17) is 11.6 Å². The zero-order valence-corrected chi connectivity index (χ0v) is 18.4. The molecule has 2 aliphatic rings. The van der Waals surface area contributed by atoms with Gasteiger partial charge in [0.25, 0.3) is 11.5 Å². The quantitative estimate of drug-likeness (QED) is 0.610. The highest BCUT2D eigenvalue weighted by Gasteiger charge is 2.36. The number of pyridine rings is 1. The molecule has 2 N–H and O–H groups in total. The lowest BCUT2D eigenvalue weighted by molar-refractivity contribution is 0.102. The molecule has 1 fully saturated rings. The van der Waals surface area contributed by atoms with E-state index >= 15 is 0 Å². The molecule has 9 nitrogen and oxygen atoms in total. The van der Waals surface area contributed by atoms with Crippen LogP contribution in [0.25, 0.3) is 0 Å². The summed E-state index contributed by atoms with van der Waals surface area (Å²) in [5.74, 6) is -0.203. The number of halogens is 1. The fraction of sp³-hybridized carbons (Fsp3) is 0.286. The number of fused-ring (bicyclic) bond motifs is 4. The summed E-state index contributed by atoms with van der Waals surface area (Å²) in [5.41, 5.74) is 1.44. The Bertz CT molecular complexity index is 1260. The van der Waals surface area contributed by atoms with E-state index in [0.717, 1.165) is 23.6 Å². The minimum absolute atomic E-state index is 0.00000882. The van der Waals surface area contributed by atoms with E-state index in [9.17, 15) is 14.4 Å². The maximum atomic E-state index is 13.0. The van der Waals surface area contributed by atoms with E-state index in [0.29, 0.717) is 30.3 Å². The highest BCUT2D eigenvalue weighted by Crippen LogP contribution is 2.35. The van der Waals surface area contributed by atoms with Gasteiger partial charge in [0.1, 0.15) is 0 Å². The van der Waals surface area contributed by atoms with Crippen LogP contribution in [0, 0.1) is 5.92 Å². The van der Waals surface area contributed by atoms with Crippen molar-refractivity contribution in [1.82, 2.24) is 19.1 Å². The van der Waals surface area contributed by atoms with Crippen molar-refractivity contribution in [3.8, 4) is 0 Å². The normalized spacial score (nSPS) is 19.2. The summed E-state index contributed by atoms with van der Waals surface area (Å²) >= 11 is 7.04. The summed E-state index contributed by atoms with van der Waals surface area (Å²) in [7, 11) is 0. The van der Waals surface area contributed by atoms with Gasteiger partial charge in [0, 0.05) is 48.8 Å². The smallest absolute Gasteiger partial charge is 0.322 e. The predicted molar refractivity (Wildman–Crippen MR) is 121 cm³/mol. The van der Waals surface area contributed by atoms with E-state index in [-0.39, 0.29) is 34.1 Å². The van der Waals surface area contributed by atoms with Gasteiger partial charge in [0.2, 0.25) is 0 Å². The maximum Gasteiger partial charge on any atom is 0.322 e. The van der Waals surface area contributed by atoms with Crippen LogP contribution in [0.5, 0.6) is 0 Å². The average molecular weight is 471 g/mol. The number of hydrogen-bond donors (Lipinski definition) is 2. The van der Waals surface area contributed by atoms with Crippen molar-refractivity contribution < 1.29 is 9.59 Å². The van der Waals surface area contributed by atoms with Crippen LogP contribution in [0.2, 0.25) is 5.02 Å². The summed E-state index contributed by atoms with van der Waals surface area (Å²) < 4.78 is 5.65. The molecule has 3 amide bonds. The fourth-order valence-corrected chi connectivity index (χ4v) is 5.14. The van der Waals surface area contributed by atoms with Crippen molar-refractivity contribution in [1.29, 1.82) is 0 Å². The fourth-order valence-electron chi connectivity index (χ4n) is 4.40. The number of aromatic nitrogens is 3. The Morgan fingerprint density at radius 2 is 1.91 bits per heavy atom. The average Bonchev–Trinajstić information content (AvgIpc) is 3.24. The molecule has 2 aromatic heterocycles. The number of urea groups is 1. The van der Waals surface area contributed by atoms with Crippen molar-refractivity contribution in [2.45, 2.75) is 18.9 Å². The molecule has 0 radical (unpaired) electrons. The van der Waals surface area contributed by atoms with Gasteiger partial charge in [-0.25, -0.2) is 4.79 Å². The molecule has 0 saturated carbocycles. The minimum Gasteiger partial charge on any atom is -0.323 e. The number of amides is 3. The van der Waals surface area contributed by atoms with E-state index in [1.807, 2.05) is 10.6 Å². The first kappa shape index (κ1) is 20.7. The van der Waals surface area contributed by atoms with Crippen molar-refractivity contribution in [2.75, 3.05) is 23.7 Å². The van der Waals surface area contributed by atoms with Crippen molar-refractivity contribution >= 4 is 45.8 Å². The molecule has 11 heteroatoms. The van der Waals surface area contributed by atoms with Gasteiger partial charge >= 0.3 is 6.03 Å². The van der Waals surface area contributed by atoms with Crippen LogP contribution in [0.3, 0.4) is 0 Å². The SMILES string of the molecule is O=C(Nc1ccccc1Cl)c1nnsc1NC(=O)N1C[C@@H]2C[C@@H](C1)c1cccc(=O)n1C2. The number of para-hydroxylation sites is 1. The first-order valence-electron chi connectivity index (χ1n) is 10.1. The number of anilines is 2. The number of nitrogens with one attached hydrogen (secondary N) is 2. The van der Waals surface area contributed by atoms with Crippen LogP contribution < -0.4 is 16.2 Å². The molecular formula is C21H19ClN6O3S. The molecule has 2 bridgehead atoms. The van der Waals surface area contributed by atoms with Gasteiger partial charge < -0.3 is 14.8 Å². The van der Waals surface area contributed by atoms with E-state index in [1.165, 1.54) is 0 Å². The number of carbonyl (C=O) groups is 2. The van der Waals surface area contributed by atoms with Crippen LogP contribution in [-0.4, -0.2) is 44.1 Å². The lowest BCUT2D eigenvalue weighted by atomic mass is 9.83. The Balaban J connectivity index is 1.30. The number of piperidine rings is 1. The molecule has 5 rings (SSSR count). The van der Waals surface area contributed by atoms with Crippen molar-refractivity contribution in [3.05, 3.63) is 69.2 Å². The van der Waals surface area contributed by atoms with Crippen LogP contribution in [0.15, 0.2) is 47.3 Å². The van der Waals surface area contributed by atoms with Gasteiger partial charge in [0.05, 0.1) is 10.7 Å². The number of rotatable bonds is 3. The number of benzene rings is 1. The summed E-state index contributed by atoms with van der Waals surface area (Å²) in [6.45, 7) is 1.64. The van der Waals surface area contributed by atoms with Crippen molar-refractivity contribution in [2.24, 2.45) is 5.92 Å². The molecule has 0 spiro atoms. The Kier molecular flexibility index (Phi) is 5.40. The number of hydrogen-bond acceptors (Lipinski definition) is 6. The van der Waals surface area contributed by atoms with Gasteiger partial charge in [-0.15, -0.1) is 5.10 Å². The molecule has 2 aliphatic heterocycles. The molecule has 1 saturated heterocycles. The van der Waals surface area contributed by atoms with E-state index < -0.39 is 5.91 Å². The lowest BCUT2D eigenvalue weighted by Gasteiger charge is -2.42. The largest absolute Gasteiger partial charge is 0.323 e. The molecule has 32 heavy (non-hydrogen) atoms.